The average Bonchev–Trinajstić information content (AvgIpc) is 2.63. The molecule has 7 nitrogen and oxygen atoms in total. The summed E-state index contributed by atoms with van der Waals surface area (Å²) in [5, 5.41) is 14.8. The van der Waals surface area contributed by atoms with Gasteiger partial charge in [0.2, 0.25) is 0 Å². The minimum atomic E-state index is -0.719. The molecule has 1 aromatic carbocycles. The Hall–Kier alpha value is -1.96. The van der Waals surface area contributed by atoms with E-state index in [4.69, 9.17) is 27.6 Å². The van der Waals surface area contributed by atoms with Crippen LogP contribution in [0.15, 0.2) is 34.4 Å². The van der Waals surface area contributed by atoms with Gasteiger partial charge in [0.15, 0.2) is 12.1 Å². The maximum Gasteiger partial charge on any atom is 0.199 e. The summed E-state index contributed by atoms with van der Waals surface area (Å²) in [4.78, 5) is 9.78. The van der Waals surface area contributed by atoms with Crippen molar-refractivity contribution in [2.24, 2.45) is 21.7 Å². The molecule has 1 saturated carbocycles. The molecule has 0 saturated heterocycles. The van der Waals surface area contributed by atoms with E-state index < -0.39 is 6.29 Å². The summed E-state index contributed by atoms with van der Waals surface area (Å²) >= 11 is 5.91. The van der Waals surface area contributed by atoms with E-state index in [0.29, 0.717) is 10.7 Å². The van der Waals surface area contributed by atoms with Crippen LogP contribution in [0.25, 0.3) is 0 Å². The van der Waals surface area contributed by atoms with Crippen LogP contribution in [0.5, 0.6) is 0 Å². The number of nitrogens with one attached hydrogen (secondary N) is 2. The minimum Gasteiger partial charge on any atom is -0.291 e. The van der Waals surface area contributed by atoms with Crippen molar-refractivity contribution in [3.63, 3.8) is 0 Å². The normalized spacial score (nSPS) is 23.7. The number of hydrazone groups is 1. The first-order valence-electron chi connectivity index (χ1n) is 8.45. The van der Waals surface area contributed by atoms with E-state index >= 15 is 0 Å². The largest absolute Gasteiger partial charge is 0.291 e. The van der Waals surface area contributed by atoms with Crippen LogP contribution in [-0.4, -0.2) is 35.7 Å². The molecule has 4 N–H and O–H groups in total. The number of halogens is 1. The number of aliphatic imine (C=N–C) groups is 1. The molecule has 8 heteroatoms. The molecule has 0 aromatic heterocycles. The smallest absolute Gasteiger partial charge is 0.199 e. The first-order chi connectivity index (χ1) is 12.1. The second kappa shape index (κ2) is 7.95. The Morgan fingerprint density at radius 1 is 1.28 bits per heavy atom. The van der Waals surface area contributed by atoms with Gasteiger partial charge in [0.05, 0.1) is 18.5 Å². The van der Waals surface area contributed by atoms with Crippen LogP contribution in [0, 0.1) is 11.3 Å². The van der Waals surface area contributed by atoms with E-state index in [-0.39, 0.29) is 11.8 Å². The molecule has 1 aliphatic carbocycles. The number of anilines is 1. The molecule has 0 spiro atoms. The number of nitrogens with zero attached hydrogens (tertiary/aromatic N) is 3. The average molecular weight is 363 g/mol. The van der Waals surface area contributed by atoms with Gasteiger partial charge in [-0.05, 0) is 37.1 Å². The molecule has 0 amide bonds. The van der Waals surface area contributed by atoms with Crippen molar-refractivity contribution < 1.29 is 4.84 Å². The van der Waals surface area contributed by atoms with Crippen molar-refractivity contribution in [2.75, 3.05) is 12.5 Å². The first kappa shape index (κ1) is 17.8. The monoisotopic (exact) mass is 362 g/mol. The van der Waals surface area contributed by atoms with Gasteiger partial charge in [-0.25, -0.2) is 4.99 Å². The Morgan fingerprint density at radius 3 is 2.60 bits per heavy atom. The molecule has 25 heavy (non-hydrogen) atoms. The highest BCUT2D eigenvalue weighted by Crippen LogP contribution is 2.28. The Kier molecular flexibility index (Phi) is 5.67. The second-order valence-corrected chi connectivity index (χ2v) is 6.64. The third-order valence-electron chi connectivity index (χ3n) is 4.53. The third kappa shape index (κ3) is 4.00. The van der Waals surface area contributed by atoms with E-state index in [1.807, 2.05) is 12.1 Å². The molecule has 1 unspecified atom stereocenters. The number of hydrogen-bond acceptors (Lipinski definition) is 6. The number of benzene rings is 1. The predicted octanol–water partition coefficient (Wildman–Crippen LogP) is 3.23. The highest BCUT2D eigenvalue weighted by Gasteiger charge is 2.35. The van der Waals surface area contributed by atoms with Crippen LogP contribution in [0.3, 0.4) is 0 Å². The highest BCUT2D eigenvalue weighted by atomic mass is 35.5. The lowest BCUT2D eigenvalue weighted by Crippen LogP contribution is -2.54. The van der Waals surface area contributed by atoms with E-state index in [1.54, 1.807) is 12.1 Å². The lowest BCUT2D eigenvalue weighted by atomic mass is 9.83. The second-order valence-electron chi connectivity index (χ2n) is 6.20. The van der Waals surface area contributed by atoms with E-state index in [2.05, 4.69) is 15.5 Å². The predicted molar refractivity (Wildman–Crippen MR) is 101 cm³/mol. The molecule has 1 atom stereocenters. The minimum absolute atomic E-state index is 0.118. The van der Waals surface area contributed by atoms with Crippen LogP contribution in [-0.2, 0) is 4.84 Å². The van der Waals surface area contributed by atoms with Crippen LogP contribution in [0.1, 0.15) is 32.1 Å². The fraction of sp³-hybridized carbons (Fsp3) is 0.471. The van der Waals surface area contributed by atoms with Crippen molar-refractivity contribution in [2.45, 2.75) is 38.4 Å². The Balaban J connectivity index is 1.90. The van der Waals surface area contributed by atoms with Crippen molar-refractivity contribution in [3.05, 3.63) is 29.3 Å². The van der Waals surface area contributed by atoms with Gasteiger partial charge in [0, 0.05) is 10.9 Å². The lowest BCUT2D eigenvalue weighted by molar-refractivity contribution is -0.0928. The number of hydroxylamine groups is 2. The Bertz CT molecular complexity index is 681. The summed E-state index contributed by atoms with van der Waals surface area (Å²) in [6.07, 6.45) is 4.95. The van der Waals surface area contributed by atoms with Gasteiger partial charge in [0.1, 0.15) is 5.71 Å². The van der Waals surface area contributed by atoms with E-state index in [9.17, 15) is 0 Å². The SMILES string of the molecule is CON1C(=N)C(=NNc2ccc(Cl)cc2)C(C2CCCCC2)=NC1N. The molecule has 1 fully saturated rings. The van der Waals surface area contributed by atoms with Crippen LogP contribution in [0.4, 0.5) is 5.69 Å². The van der Waals surface area contributed by atoms with Crippen molar-refractivity contribution >= 4 is 34.5 Å². The van der Waals surface area contributed by atoms with Gasteiger partial charge in [0.25, 0.3) is 0 Å². The zero-order valence-electron chi connectivity index (χ0n) is 14.2. The quantitative estimate of drug-likeness (QED) is 0.716. The Labute approximate surface area is 152 Å². The highest BCUT2D eigenvalue weighted by molar-refractivity contribution is 6.68. The maximum atomic E-state index is 8.43. The molecule has 2 aliphatic rings. The Morgan fingerprint density at radius 2 is 1.96 bits per heavy atom. The number of amidine groups is 1. The van der Waals surface area contributed by atoms with Gasteiger partial charge < -0.3 is 0 Å². The zero-order chi connectivity index (χ0) is 17.8. The van der Waals surface area contributed by atoms with Gasteiger partial charge >= 0.3 is 0 Å². The number of nitrogens with two attached hydrogens (primary N) is 1. The van der Waals surface area contributed by atoms with Crippen molar-refractivity contribution in [1.82, 2.24) is 5.06 Å². The van der Waals surface area contributed by atoms with Gasteiger partial charge in [-0.1, -0.05) is 30.9 Å². The molecular formula is C17H23ClN6O. The summed E-state index contributed by atoms with van der Waals surface area (Å²) in [5.74, 6) is 0.400. The summed E-state index contributed by atoms with van der Waals surface area (Å²) in [6, 6.07) is 7.22. The number of rotatable bonds is 4. The fourth-order valence-corrected chi connectivity index (χ4v) is 3.37. The lowest BCUT2D eigenvalue weighted by Gasteiger charge is -2.34. The van der Waals surface area contributed by atoms with E-state index in [1.165, 1.54) is 18.6 Å². The third-order valence-corrected chi connectivity index (χ3v) is 4.78. The molecule has 1 aliphatic heterocycles. The summed E-state index contributed by atoms with van der Waals surface area (Å²) < 4.78 is 0. The zero-order valence-corrected chi connectivity index (χ0v) is 15.0. The van der Waals surface area contributed by atoms with Gasteiger partial charge in [-0.3, -0.25) is 21.4 Å². The molecule has 1 heterocycles. The van der Waals surface area contributed by atoms with Crippen molar-refractivity contribution in [3.8, 4) is 0 Å². The molecule has 134 valence electrons. The molecule has 0 radical (unpaired) electrons. The van der Waals surface area contributed by atoms with Gasteiger partial charge in [-0.15, -0.1) is 0 Å². The van der Waals surface area contributed by atoms with Crippen molar-refractivity contribution in [1.29, 1.82) is 5.41 Å². The van der Waals surface area contributed by atoms with Crippen LogP contribution < -0.4 is 11.2 Å². The standard InChI is InChI=1S/C17H23ClN6O/c1-25-24-16(19)15(23-22-13-9-7-12(18)8-10-13)14(21-17(24)20)11-5-3-2-4-6-11/h7-11,17,19,22H,2-6,20H2,1H3. The fourth-order valence-electron chi connectivity index (χ4n) is 3.24. The summed E-state index contributed by atoms with van der Waals surface area (Å²) in [7, 11) is 1.47. The molecule has 0 bridgehead atoms. The number of hydrogen-bond donors (Lipinski definition) is 3. The summed E-state index contributed by atoms with van der Waals surface area (Å²) in [6.45, 7) is 0. The molecule has 3 rings (SSSR count). The van der Waals surface area contributed by atoms with E-state index in [0.717, 1.165) is 37.1 Å². The molecular weight excluding hydrogens is 340 g/mol. The van der Waals surface area contributed by atoms with Gasteiger partial charge in [-0.2, -0.15) is 10.2 Å². The summed E-state index contributed by atoms with van der Waals surface area (Å²) in [5.41, 5.74) is 11.1. The molecule has 1 aromatic rings. The first-order valence-corrected chi connectivity index (χ1v) is 8.83. The van der Waals surface area contributed by atoms with Crippen LogP contribution in [0.2, 0.25) is 5.02 Å². The topological polar surface area (TPSA) is 99.1 Å². The maximum absolute atomic E-state index is 8.43. The van der Waals surface area contributed by atoms with Crippen LogP contribution >= 0.6 is 11.6 Å².